The Morgan fingerprint density at radius 3 is 2.36 bits per heavy atom. The molecule has 2 heterocycles. The van der Waals surface area contributed by atoms with E-state index in [9.17, 15) is 17.6 Å². The number of hydrogen-bond donors (Lipinski definition) is 0. The Hall–Kier alpha value is -3.40. The smallest absolute Gasteiger partial charge is 0.326 e. The fraction of sp³-hybridized carbons (Fsp3) is 0.400. The first kappa shape index (κ1) is 33.0. The standard InChI is InChI=1S/C35H41ClFN3O4S/c1-23-10-8-11-27(18-23)45(42,43)40-22-26-21-38(35(6,7)33(41)44-34(3,4)5)16-17-39(26)30-15-14-25(20-31(30)40)19-24(2)32-28(36)12-9-13-29(32)37/h8-15,18-20,26H,16-17,21-22H2,1-7H3/b24-19+/t26-/m0/s1. The number of benzene rings is 3. The summed E-state index contributed by atoms with van der Waals surface area (Å²) in [4.78, 5) is 17.8. The number of ether oxygens (including phenoxy) is 1. The summed E-state index contributed by atoms with van der Waals surface area (Å²) >= 11 is 6.33. The number of anilines is 2. The molecular weight excluding hydrogens is 613 g/mol. The van der Waals surface area contributed by atoms with Gasteiger partial charge in [-0.05, 0) is 102 Å². The molecule has 3 aromatic carbocycles. The maximum absolute atomic E-state index is 14.7. The van der Waals surface area contributed by atoms with Crippen molar-refractivity contribution in [2.24, 2.45) is 0 Å². The summed E-state index contributed by atoms with van der Waals surface area (Å²) < 4.78 is 50.5. The summed E-state index contributed by atoms with van der Waals surface area (Å²) in [7, 11) is -3.96. The van der Waals surface area contributed by atoms with Crippen molar-refractivity contribution in [3.8, 4) is 0 Å². The van der Waals surface area contributed by atoms with Gasteiger partial charge >= 0.3 is 5.97 Å². The number of esters is 1. The fourth-order valence-corrected chi connectivity index (χ4v) is 7.98. The first-order valence-corrected chi connectivity index (χ1v) is 16.9. The van der Waals surface area contributed by atoms with E-state index in [4.69, 9.17) is 16.3 Å². The molecule has 10 heteroatoms. The van der Waals surface area contributed by atoms with Gasteiger partial charge in [0.15, 0.2) is 0 Å². The van der Waals surface area contributed by atoms with Gasteiger partial charge in [0.25, 0.3) is 10.0 Å². The van der Waals surface area contributed by atoms with Crippen LogP contribution < -0.4 is 9.21 Å². The lowest BCUT2D eigenvalue weighted by Crippen LogP contribution is -2.66. The van der Waals surface area contributed by atoms with Gasteiger partial charge in [-0.2, -0.15) is 0 Å². The lowest BCUT2D eigenvalue weighted by atomic mass is 9.96. The number of sulfonamides is 1. The van der Waals surface area contributed by atoms with Gasteiger partial charge in [0.2, 0.25) is 0 Å². The van der Waals surface area contributed by atoms with E-state index in [-0.39, 0.29) is 23.5 Å². The second kappa shape index (κ2) is 12.1. The van der Waals surface area contributed by atoms with E-state index in [1.165, 1.54) is 10.4 Å². The number of rotatable bonds is 6. The fourth-order valence-electron chi connectivity index (χ4n) is 6.06. The average molecular weight is 654 g/mol. The van der Waals surface area contributed by atoms with Crippen molar-refractivity contribution < 1.29 is 22.3 Å². The summed E-state index contributed by atoms with van der Waals surface area (Å²) in [6.07, 6.45) is 1.81. The van der Waals surface area contributed by atoms with Gasteiger partial charge in [-0.25, -0.2) is 12.8 Å². The molecule has 0 aromatic heterocycles. The second-order valence-corrected chi connectivity index (χ2v) is 15.6. The molecule has 0 spiro atoms. The van der Waals surface area contributed by atoms with Crippen LogP contribution in [0, 0.1) is 12.7 Å². The summed E-state index contributed by atoms with van der Waals surface area (Å²) in [5.74, 6) is -0.737. The summed E-state index contributed by atoms with van der Waals surface area (Å²) in [5, 5.41) is 0.306. The highest BCUT2D eigenvalue weighted by molar-refractivity contribution is 7.92. The molecule has 3 aromatic rings. The number of allylic oxidation sites excluding steroid dienone is 1. The highest BCUT2D eigenvalue weighted by atomic mass is 35.5. The quantitative estimate of drug-likeness (QED) is 0.208. The first-order valence-electron chi connectivity index (χ1n) is 15.1. The minimum atomic E-state index is -3.96. The Morgan fingerprint density at radius 1 is 0.978 bits per heavy atom. The Balaban J connectivity index is 1.56. The maximum atomic E-state index is 14.7. The van der Waals surface area contributed by atoms with Gasteiger partial charge in [0.1, 0.15) is 17.0 Å². The molecule has 0 N–H and O–H groups in total. The molecule has 0 bridgehead atoms. The zero-order valence-corrected chi connectivity index (χ0v) is 28.5. The van der Waals surface area contributed by atoms with Crippen LogP contribution in [0.1, 0.15) is 58.2 Å². The Bertz CT molecular complexity index is 1750. The average Bonchev–Trinajstić information content (AvgIpc) is 2.95. The molecule has 5 rings (SSSR count). The number of aryl methyl sites for hydroxylation is 1. The molecule has 1 saturated heterocycles. The van der Waals surface area contributed by atoms with E-state index < -0.39 is 27.0 Å². The molecule has 0 aliphatic carbocycles. The number of nitrogens with zero attached hydrogens (tertiary/aromatic N) is 3. The highest BCUT2D eigenvalue weighted by Gasteiger charge is 2.45. The second-order valence-electron chi connectivity index (χ2n) is 13.4. The monoisotopic (exact) mass is 653 g/mol. The minimum Gasteiger partial charge on any atom is -0.459 e. The van der Waals surface area contributed by atoms with Crippen molar-refractivity contribution in [3.63, 3.8) is 0 Å². The van der Waals surface area contributed by atoms with Crippen molar-refractivity contribution >= 4 is 50.6 Å². The predicted octanol–water partition coefficient (Wildman–Crippen LogP) is 7.17. The third kappa shape index (κ3) is 6.62. The highest BCUT2D eigenvalue weighted by Crippen LogP contribution is 2.42. The molecule has 240 valence electrons. The topological polar surface area (TPSA) is 70.2 Å². The third-order valence-electron chi connectivity index (χ3n) is 8.44. The van der Waals surface area contributed by atoms with E-state index in [0.717, 1.165) is 16.8 Å². The zero-order valence-electron chi connectivity index (χ0n) is 26.9. The molecule has 1 atom stereocenters. The van der Waals surface area contributed by atoms with Crippen LogP contribution in [0.25, 0.3) is 11.6 Å². The summed E-state index contributed by atoms with van der Waals surface area (Å²) in [5.41, 5.74) is 2.30. The molecule has 0 radical (unpaired) electrons. The Labute approximate surface area is 271 Å². The number of hydrogen-bond acceptors (Lipinski definition) is 6. The van der Waals surface area contributed by atoms with Crippen molar-refractivity contribution in [1.29, 1.82) is 0 Å². The van der Waals surface area contributed by atoms with E-state index >= 15 is 0 Å². The lowest BCUT2D eigenvalue weighted by Gasteiger charge is -2.52. The van der Waals surface area contributed by atoms with Crippen molar-refractivity contribution in [2.75, 3.05) is 35.4 Å². The molecule has 1 fully saturated rings. The van der Waals surface area contributed by atoms with Gasteiger partial charge in [-0.15, -0.1) is 0 Å². The number of fused-ring (bicyclic) bond motifs is 3. The SMILES string of the molecule is C/C(=C\c1ccc2c(c1)N(S(=O)(=O)c1cccc(C)c1)C[C@@H]1CN(C(C)(C)C(=O)OC(C)(C)C)CCN21)c1c(F)cccc1Cl. The largest absolute Gasteiger partial charge is 0.459 e. The summed E-state index contributed by atoms with van der Waals surface area (Å²) in [6, 6.07) is 16.9. The van der Waals surface area contributed by atoms with Crippen LogP contribution in [0.4, 0.5) is 15.8 Å². The third-order valence-corrected chi connectivity index (χ3v) is 10.5. The Morgan fingerprint density at radius 2 is 1.69 bits per heavy atom. The van der Waals surface area contributed by atoms with Crippen LogP contribution >= 0.6 is 11.6 Å². The van der Waals surface area contributed by atoms with Gasteiger partial charge in [-0.3, -0.25) is 14.0 Å². The maximum Gasteiger partial charge on any atom is 0.326 e. The van der Waals surface area contributed by atoms with Crippen LogP contribution in [0.2, 0.25) is 5.02 Å². The summed E-state index contributed by atoms with van der Waals surface area (Å²) in [6.45, 7) is 14.8. The molecule has 45 heavy (non-hydrogen) atoms. The van der Waals surface area contributed by atoms with Crippen LogP contribution in [0.15, 0.2) is 65.6 Å². The van der Waals surface area contributed by atoms with E-state index in [2.05, 4.69) is 9.80 Å². The van der Waals surface area contributed by atoms with Crippen molar-refractivity contribution in [2.45, 2.75) is 70.5 Å². The van der Waals surface area contributed by atoms with E-state index in [0.29, 0.717) is 41.5 Å². The number of halogens is 2. The lowest BCUT2D eigenvalue weighted by molar-refractivity contribution is -0.168. The molecular formula is C35H41ClFN3O4S. The zero-order chi connectivity index (χ0) is 32.9. The number of piperazine rings is 1. The Kier molecular flexibility index (Phi) is 8.85. The molecule has 0 saturated carbocycles. The van der Waals surface area contributed by atoms with Crippen LogP contribution in [0.3, 0.4) is 0 Å². The van der Waals surface area contributed by atoms with E-state index in [1.54, 1.807) is 37.3 Å². The predicted molar refractivity (Wildman–Crippen MR) is 180 cm³/mol. The van der Waals surface area contributed by atoms with Gasteiger partial charge in [-0.1, -0.05) is 41.9 Å². The molecule has 0 unspecified atom stereocenters. The molecule has 2 aliphatic rings. The molecule has 7 nitrogen and oxygen atoms in total. The normalized spacial score (nSPS) is 18.0. The molecule has 0 amide bonds. The van der Waals surface area contributed by atoms with E-state index in [1.807, 2.05) is 71.9 Å². The van der Waals surface area contributed by atoms with Crippen molar-refractivity contribution in [3.05, 3.63) is 88.2 Å². The minimum absolute atomic E-state index is 0.190. The molecule has 2 aliphatic heterocycles. The number of carbonyl (C=O) groups is 1. The van der Waals surface area contributed by atoms with Crippen LogP contribution in [-0.2, 0) is 19.6 Å². The van der Waals surface area contributed by atoms with Crippen LogP contribution in [-0.4, -0.2) is 62.6 Å². The van der Waals surface area contributed by atoms with Gasteiger partial charge in [0.05, 0.1) is 33.9 Å². The first-order chi connectivity index (χ1) is 21.0. The van der Waals surface area contributed by atoms with Gasteiger partial charge < -0.3 is 9.64 Å². The van der Waals surface area contributed by atoms with Crippen molar-refractivity contribution in [1.82, 2.24) is 4.90 Å². The van der Waals surface area contributed by atoms with Gasteiger partial charge in [0, 0.05) is 25.2 Å². The van der Waals surface area contributed by atoms with Crippen LogP contribution in [0.5, 0.6) is 0 Å². The number of carbonyl (C=O) groups excluding carboxylic acids is 1.